The van der Waals surface area contributed by atoms with E-state index in [2.05, 4.69) is 31.2 Å². The van der Waals surface area contributed by atoms with E-state index in [4.69, 9.17) is 0 Å². The number of aliphatic hydroxyl groups excluding tert-OH is 1. The molecule has 2 aromatic heterocycles. The van der Waals surface area contributed by atoms with Crippen molar-refractivity contribution < 1.29 is 9.50 Å². The summed E-state index contributed by atoms with van der Waals surface area (Å²) >= 11 is 3.36. The van der Waals surface area contributed by atoms with Crippen molar-refractivity contribution >= 4 is 32.7 Å². The van der Waals surface area contributed by atoms with Crippen molar-refractivity contribution in [2.75, 3.05) is 11.9 Å². The third kappa shape index (κ3) is 3.23. The lowest BCUT2D eigenvalue weighted by Crippen LogP contribution is -2.12. The van der Waals surface area contributed by atoms with Gasteiger partial charge in [-0.2, -0.15) is 0 Å². The zero-order chi connectivity index (χ0) is 15.5. The van der Waals surface area contributed by atoms with Crippen molar-refractivity contribution in [2.45, 2.75) is 6.10 Å². The van der Waals surface area contributed by atoms with Crippen molar-refractivity contribution in [2.24, 2.45) is 0 Å². The number of fused-ring (bicyclic) bond motifs is 1. The molecular formula is C16H13BrFN3O. The van der Waals surface area contributed by atoms with Gasteiger partial charge in [-0.25, -0.2) is 4.39 Å². The molecule has 0 aliphatic carbocycles. The fourth-order valence-corrected chi connectivity index (χ4v) is 2.51. The molecule has 112 valence electrons. The van der Waals surface area contributed by atoms with E-state index in [1.165, 1.54) is 12.1 Å². The van der Waals surface area contributed by atoms with Crippen molar-refractivity contribution in [3.63, 3.8) is 0 Å². The van der Waals surface area contributed by atoms with Gasteiger partial charge in [-0.3, -0.25) is 9.97 Å². The Morgan fingerprint density at radius 1 is 1.23 bits per heavy atom. The molecule has 2 heterocycles. The quantitative estimate of drug-likeness (QED) is 0.744. The van der Waals surface area contributed by atoms with Crippen LogP contribution in [0.3, 0.4) is 0 Å². The van der Waals surface area contributed by atoms with Crippen LogP contribution < -0.4 is 5.32 Å². The monoisotopic (exact) mass is 361 g/mol. The molecule has 0 aliphatic heterocycles. The van der Waals surface area contributed by atoms with Crippen LogP contribution >= 0.6 is 15.9 Å². The third-order valence-corrected chi connectivity index (χ3v) is 3.70. The second-order valence-electron chi connectivity index (χ2n) is 4.83. The van der Waals surface area contributed by atoms with Gasteiger partial charge in [-0.15, -0.1) is 0 Å². The van der Waals surface area contributed by atoms with Gasteiger partial charge in [-0.05, 0) is 45.8 Å². The highest BCUT2D eigenvalue weighted by Gasteiger charge is 2.10. The molecule has 1 unspecified atom stereocenters. The molecule has 0 aliphatic rings. The van der Waals surface area contributed by atoms with Crippen molar-refractivity contribution in [1.82, 2.24) is 9.97 Å². The minimum absolute atomic E-state index is 0.250. The number of benzene rings is 1. The summed E-state index contributed by atoms with van der Waals surface area (Å²) in [4.78, 5) is 8.59. The predicted octanol–water partition coefficient (Wildman–Crippen LogP) is 3.68. The lowest BCUT2D eigenvalue weighted by atomic mass is 10.1. The summed E-state index contributed by atoms with van der Waals surface area (Å²) in [5.41, 5.74) is 2.77. The number of hydrogen-bond acceptors (Lipinski definition) is 4. The van der Waals surface area contributed by atoms with Crippen LogP contribution in [0.5, 0.6) is 0 Å². The molecule has 1 aromatic carbocycles. The molecular weight excluding hydrogens is 349 g/mol. The number of anilines is 1. The summed E-state index contributed by atoms with van der Waals surface area (Å²) in [5, 5.41) is 13.3. The first kappa shape index (κ1) is 14.9. The van der Waals surface area contributed by atoms with E-state index in [0.717, 1.165) is 21.2 Å². The second-order valence-corrected chi connectivity index (χ2v) is 5.75. The first-order valence-corrected chi connectivity index (χ1v) is 7.50. The number of aromatic nitrogens is 2. The highest BCUT2D eigenvalue weighted by atomic mass is 79.9. The Labute approximate surface area is 135 Å². The molecule has 0 bridgehead atoms. The molecule has 4 nitrogen and oxygen atoms in total. The topological polar surface area (TPSA) is 58.0 Å². The van der Waals surface area contributed by atoms with Gasteiger partial charge >= 0.3 is 0 Å². The fraction of sp³-hybridized carbons (Fsp3) is 0.125. The van der Waals surface area contributed by atoms with Crippen LogP contribution in [0.25, 0.3) is 11.0 Å². The van der Waals surface area contributed by atoms with Gasteiger partial charge in [0.15, 0.2) is 0 Å². The zero-order valence-corrected chi connectivity index (χ0v) is 13.1. The molecule has 3 aromatic rings. The van der Waals surface area contributed by atoms with Gasteiger partial charge in [0.05, 0.1) is 17.3 Å². The minimum atomic E-state index is -0.811. The van der Waals surface area contributed by atoms with E-state index in [1.54, 1.807) is 30.6 Å². The SMILES string of the molecule is OC(CNc1ccnc2cc(Br)cnc12)c1cccc(F)c1. The Kier molecular flexibility index (Phi) is 4.31. The maximum atomic E-state index is 13.2. The molecule has 0 saturated carbocycles. The number of rotatable bonds is 4. The average molecular weight is 362 g/mol. The van der Waals surface area contributed by atoms with Gasteiger partial charge in [-0.1, -0.05) is 12.1 Å². The molecule has 6 heteroatoms. The van der Waals surface area contributed by atoms with Crippen LogP contribution in [0, 0.1) is 5.82 Å². The summed E-state index contributed by atoms with van der Waals surface area (Å²) in [6, 6.07) is 9.61. The van der Waals surface area contributed by atoms with E-state index in [9.17, 15) is 9.50 Å². The molecule has 0 spiro atoms. The number of halogens is 2. The van der Waals surface area contributed by atoms with Gasteiger partial charge in [0, 0.05) is 23.4 Å². The fourth-order valence-electron chi connectivity index (χ4n) is 2.19. The largest absolute Gasteiger partial charge is 0.387 e. The summed E-state index contributed by atoms with van der Waals surface area (Å²) in [6.07, 6.45) is 2.56. The molecule has 0 saturated heterocycles. The zero-order valence-electron chi connectivity index (χ0n) is 11.5. The van der Waals surface area contributed by atoms with Crippen molar-refractivity contribution in [3.8, 4) is 0 Å². The molecule has 0 amide bonds. The highest BCUT2D eigenvalue weighted by Crippen LogP contribution is 2.23. The number of pyridine rings is 2. The summed E-state index contributed by atoms with van der Waals surface area (Å²) in [5.74, 6) is -0.363. The second kappa shape index (κ2) is 6.37. The van der Waals surface area contributed by atoms with Crippen molar-refractivity contribution in [1.29, 1.82) is 0 Å². The molecule has 2 N–H and O–H groups in total. The molecule has 1 atom stereocenters. The van der Waals surface area contributed by atoms with E-state index < -0.39 is 6.10 Å². The number of hydrogen-bond donors (Lipinski definition) is 2. The normalized spacial score (nSPS) is 12.3. The Hall–Kier alpha value is -2.05. The Morgan fingerprint density at radius 2 is 2.09 bits per heavy atom. The van der Waals surface area contributed by atoms with Crippen molar-refractivity contribution in [3.05, 3.63) is 64.6 Å². The average Bonchev–Trinajstić information content (AvgIpc) is 2.52. The van der Waals surface area contributed by atoms with Gasteiger partial charge in [0.2, 0.25) is 0 Å². The molecule has 0 fully saturated rings. The molecule has 3 rings (SSSR count). The number of nitrogens with one attached hydrogen (secondary N) is 1. The first-order valence-electron chi connectivity index (χ1n) is 6.71. The summed E-state index contributed by atoms with van der Waals surface area (Å²) in [6.45, 7) is 0.250. The lowest BCUT2D eigenvalue weighted by Gasteiger charge is -2.14. The lowest BCUT2D eigenvalue weighted by molar-refractivity contribution is 0.191. The van der Waals surface area contributed by atoms with E-state index in [-0.39, 0.29) is 12.4 Å². The van der Waals surface area contributed by atoms with E-state index >= 15 is 0 Å². The summed E-state index contributed by atoms with van der Waals surface area (Å²) in [7, 11) is 0. The van der Waals surface area contributed by atoms with E-state index in [0.29, 0.717) is 5.56 Å². The van der Waals surface area contributed by atoms with Gasteiger partial charge < -0.3 is 10.4 Å². The Bertz CT molecular complexity index is 812. The predicted molar refractivity (Wildman–Crippen MR) is 87.1 cm³/mol. The van der Waals surface area contributed by atoms with Crippen LogP contribution in [0.1, 0.15) is 11.7 Å². The van der Waals surface area contributed by atoms with Gasteiger partial charge in [0.25, 0.3) is 0 Å². The van der Waals surface area contributed by atoms with Crippen LogP contribution in [0.4, 0.5) is 10.1 Å². The highest BCUT2D eigenvalue weighted by molar-refractivity contribution is 9.10. The third-order valence-electron chi connectivity index (χ3n) is 3.26. The molecule has 0 radical (unpaired) electrons. The van der Waals surface area contributed by atoms with Crippen LogP contribution in [-0.4, -0.2) is 21.6 Å². The van der Waals surface area contributed by atoms with Crippen LogP contribution in [-0.2, 0) is 0 Å². The first-order chi connectivity index (χ1) is 10.6. The standard InChI is InChI=1S/C16H13BrFN3O/c17-11-7-14-16(21-8-11)13(4-5-19-14)20-9-15(22)10-2-1-3-12(18)6-10/h1-8,15,22H,9H2,(H,19,20). The maximum absolute atomic E-state index is 13.2. The Morgan fingerprint density at radius 3 is 2.91 bits per heavy atom. The number of aliphatic hydroxyl groups is 1. The number of nitrogens with zero attached hydrogens (tertiary/aromatic N) is 2. The van der Waals surface area contributed by atoms with E-state index in [1.807, 2.05) is 6.07 Å². The molecule has 22 heavy (non-hydrogen) atoms. The minimum Gasteiger partial charge on any atom is -0.387 e. The van der Waals surface area contributed by atoms with Gasteiger partial charge in [0.1, 0.15) is 11.3 Å². The smallest absolute Gasteiger partial charge is 0.123 e. The Balaban J connectivity index is 1.79. The van der Waals surface area contributed by atoms with Crippen LogP contribution in [0.15, 0.2) is 53.3 Å². The summed E-state index contributed by atoms with van der Waals surface area (Å²) < 4.78 is 14.0. The maximum Gasteiger partial charge on any atom is 0.123 e. The van der Waals surface area contributed by atoms with Crippen LogP contribution in [0.2, 0.25) is 0 Å².